The van der Waals surface area contributed by atoms with E-state index in [4.69, 9.17) is 16.3 Å². The normalized spacial score (nSPS) is 19.5. The smallest absolute Gasteiger partial charge is 0.247 e. The second-order valence-electron chi connectivity index (χ2n) is 5.46. The molecule has 1 fully saturated rings. The molecule has 1 aliphatic heterocycles. The van der Waals surface area contributed by atoms with Crippen molar-refractivity contribution in [2.24, 2.45) is 0 Å². The van der Waals surface area contributed by atoms with Crippen molar-refractivity contribution < 1.29 is 13.2 Å². The molecule has 1 aromatic carbocycles. The molecule has 112 valence electrons. The summed E-state index contributed by atoms with van der Waals surface area (Å²) >= 11 is 6.03. The number of nitriles is 1. The van der Waals surface area contributed by atoms with Gasteiger partial charge in [0.05, 0.1) is 12.7 Å². The lowest BCUT2D eigenvalue weighted by Crippen LogP contribution is -2.53. The largest absolute Gasteiger partial charge is 0.492 e. The van der Waals surface area contributed by atoms with E-state index in [2.05, 4.69) is 6.07 Å². The zero-order valence-corrected chi connectivity index (χ0v) is 13.2. The van der Waals surface area contributed by atoms with E-state index < -0.39 is 15.6 Å². The standard InChI is InChI=1S/C14H15ClN2O3S/c1-17(14(9-16)4-2-5-14)21(18,19)12-8-11(15)7-10-3-6-20-13(10)12/h7-8H,2-6H2,1H3. The van der Waals surface area contributed by atoms with Crippen molar-refractivity contribution in [3.8, 4) is 11.8 Å². The number of sulfonamides is 1. The fourth-order valence-electron chi connectivity index (χ4n) is 2.81. The van der Waals surface area contributed by atoms with E-state index in [0.29, 0.717) is 36.6 Å². The highest BCUT2D eigenvalue weighted by atomic mass is 35.5. The highest BCUT2D eigenvalue weighted by Gasteiger charge is 2.47. The summed E-state index contributed by atoms with van der Waals surface area (Å²) in [5.74, 6) is 0.374. The minimum absolute atomic E-state index is 0.0616. The van der Waals surface area contributed by atoms with Gasteiger partial charge < -0.3 is 4.74 Å². The van der Waals surface area contributed by atoms with Gasteiger partial charge in [0.15, 0.2) is 0 Å². The molecule has 0 saturated heterocycles. The Labute approximate surface area is 129 Å². The predicted molar refractivity (Wildman–Crippen MR) is 77.8 cm³/mol. The summed E-state index contributed by atoms with van der Waals surface area (Å²) in [7, 11) is -2.36. The first-order valence-electron chi connectivity index (χ1n) is 6.76. The van der Waals surface area contributed by atoms with Crippen molar-refractivity contribution in [1.29, 1.82) is 5.26 Å². The predicted octanol–water partition coefficient (Wildman–Crippen LogP) is 2.34. The molecule has 0 radical (unpaired) electrons. The van der Waals surface area contributed by atoms with Gasteiger partial charge in [0.1, 0.15) is 16.2 Å². The Hall–Kier alpha value is -1.29. The van der Waals surface area contributed by atoms with Gasteiger partial charge in [0.25, 0.3) is 0 Å². The molecule has 7 heteroatoms. The molecule has 1 aliphatic carbocycles. The molecule has 0 unspecified atom stereocenters. The topological polar surface area (TPSA) is 70.4 Å². The summed E-state index contributed by atoms with van der Waals surface area (Å²) in [6, 6.07) is 5.28. The van der Waals surface area contributed by atoms with Crippen LogP contribution in [-0.4, -0.2) is 31.9 Å². The van der Waals surface area contributed by atoms with Crippen LogP contribution in [0.3, 0.4) is 0 Å². The maximum atomic E-state index is 12.9. The molecule has 0 bridgehead atoms. The summed E-state index contributed by atoms with van der Waals surface area (Å²) < 4.78 is 32.4. The molecule has 0 aromatic heterocycles. The molecule has 1 saturated carbocycles. The highest BCUT2D eigenvalue weighted by Crippen LogP contribution is 2.43. The first kappa shape index (κ1) is 14.6. The number of fused-ring (bicyclic) bond motifs is 1. The Morgan fingerprint density at radius 1 is 1.43 bits per heavy atom. The van der Waals surface area contributed by atoms with Gasteiger partial charge in [-0.05, 0) is 31.4 Å². The molecule has 0 amide bonds. The first-order chi connectivity index (χ1) is 9.90. The van der Waals surface area contributed by atoms with Crippen LogP contribution in [-0.2, 0) is 16.4 Å². The summed E-state index contributed by atoms with van der Waals surface area (Å²) in [6.45, 7) is 0.450. The van der Waals surface area contributed by atoms with Gasteiger partial charge in [0.2, 0.25) is 10.0 Å². The second-order valence-corrected chi connectivity index (χ2v) is 7.83. The minimum atomic E-state index is -3.82. The molecule has 21 heavy (non-hydrogen) atoms. The molecule has 1 aromatic rings. The quantitative estimate of drug-likeness (QED) is 0.854. The summed E-state index contributed by atoms with van der Waals surface area (Å²) in [4.78, 5) is 0.0616. The van der Waals surface area contributed by atoms with Gasteiger partial charge in [-0.3, -0.25) is 0 Å². The number of nitrogens with zero attached hydrogens (tertiary/aromatic N) is 2. The van der Waals surface area contributed by atoms with Crippen LogP contribution in [0, 0.1) is 11.3 Å². The zero-order valence-electron chi connectivity index (χ0n) is 11.6. The Morgan fingerprint density at radius 3 is 2.71 bits per heavy atom. The summed E-state index contributed by atoms with van der Waals surface area (Å²) in [5, 5.41) is 9.72. The lowest BCUT2D eigenvalue weighted by molar-refractivity contribution is 0.171. The molecule has 5 nitrogen and oxygen atoms in total. The number of hydrogen-bond acceptors (Lipinski definition) is 4. The van der Waals surface area contributed by atoms with Gasteiger partial charge in [-0.1, -0.05) is 11.6 Å². The number of hydrogen-bond donors (Lipinski definition) is 0. The Kier molecular flexibility index (Phi) is 3.40. The van der Waals surface area contributed by atoms with E-state index in [1.807, 2.05) is 0 Å². The van der Waals surface area contributed by atoms with Gasteiger partial charge in [-0.15, -0.1) is 0 Å². The Morgan fingerprint density at radius 2 is 2.14 bits per heavy atom. The maximum absolute atomic E-state index is 12.9. The third-order valence-electron chi connectivity index (χ3n) is 4.34. The third kappa shape index (κ3) is 2.11. The first-order valence-corrected chi connectivity index (χ1v) is 8.58. The van der Waals surface area contributed by atoms with Crippen molar-refractivity contribution in [3.05, 3.63) is 22.7 Å². The van der Waals surface area contributed by atoms with Crippen LogP contribution >= 0.6 is 11.6 Å². The van der Waals surface area contributed by atoms with Crippen molar-refractivity contribution in [2.75, 3.05) is 13.7 Å². The number of halogens is 1. The van der Waals surface area contributed by atoms with E-state index in [1.54, 1.807) is 6.07 Å². The van der Waals surface area contributed by atoms with Gasteiger partial charge in [0, 0.05) is 24.1 Å². The fraction of sp³-hybridized carbons (Fsp3) is 0.500. The van der Waals surface area contributed by atoms with Crippen LogP contribution in [0.5, 0.6) is 5.75 Å². The summed E-state index contributed by atoms with van der Waals surface area (Å²) in [6.07, 6.45) is 2.62. The van der Waals surface area contributed by atoms with Crippen LogP contribution < -0.4 is 4.74 Å². The van der Waals surface area contributed by atoms with Crippen LogP contribution in [0.15, 0.2) is 17.0 Å². The molecule has 0 atom stereocenters. The molecular formula is C14H15ClN2O3S. The van der Waals surface area contributed by atoms with Crippen molar-refractivity contribution in [3.63, 3.8) is 0 Å². The molecule has 1 heterocycles. The SMILES string of the molecule is CN(C1(C#N)CCC1)S(=O)(=O)c1cc(Cl)cc2c1OCC2. The highest BCUT2D eigenvalue weighted by molar-refractivity contribution is 7.89. The van der Waals surface area contributed by atoms with Gasteiger partial charge in [-0.25, -0.2) is 8.42 Å². The minimum Gasteiger partial charge on any atom is -0.492 e. The Bertz CT molecular complexity index is 735. The van der Waals surface area contributed by atoms with Crippen molar-refractivity contribution in [1.82, 2.24) is 4.31 Å². The van der Waals surface area contributed by atoms with Crippen LogP contribution in [0.1, 0.15) is 24.8 Å². The number of benzene rings is 1. The molecule has 3 rings (SSSR count). The fourth-order valence-corrected chi connectivity index (χ4v) is 4.80. The monoisotopic (exact) mass is 326 g/mol. The van der Waals surface area contributed by atoms with Gasteiger partial charge >= 0.3 is 0 Å². The van der Waals surface area contributed by atoms with Crippen LogP contribution in [0.4, 0.5) is 0 Å². The third-order valence-corrected chi connectivity index (χ3v) is 6.49. The lowest BCUT2D eigenvalue weighted by atomic mass is 9.78. The number of ether oxygens (including phenoxy) is 1. The molecule has 0 spiro atoms. The van der Waals surface area contributed by atoms with Gasteiger partial charge in [-0.2, -0.15) is 9.57 Å². The van der Waals surface area contributed by atoms with Crippen molar-refractivity contribution >= 4 is 21.6 Å². The van der Waals surface area contributed by atoms with Crippen molar-refractivity contribution in [2.45, 2.75) is 36.1 Å². The summed E-state index contributed by atoms with van der Waals surface area (Å²) in [5.41, 5.74) is -0.138. The van der Waals surface area contributed by atoms with E-state index >= 15 is 0 Å². The van der Waals surface area contributed by atoms with E-state index in [-0.39, 0.29) is 4.90 Å². The average Bonchev–Trinajstić information content (AvgIpc) is 2.84. The number of rotatable bonds is 3. The second kappa shape index (κ2) is 4.87. The Balaban J connectivity index is 2.10. The molecule has 2 aliphatic rings. The van der Waals surface area contributed by atoms with Crippen LogP contribution in [0.2, 0.25) is 5.02 Å². The van der Waals surface area contributed by atoms with E-state index in [9.17, 15) is 13.7 Å². The maximum Gasteiger partial charge on any atom is 0.247 e. The zero-order chi connectivity index (χ0) is 15.3. The molecule has 0 N–H and O–H groups in total. The lowest BCUT2D eigenvalue weighted by Gasteiger charge is -2.41. The van der Waals surface area contributed by atoms with Crippen LogP contribution in [0.25, 0.3) is 0 Å². The van der Waals surface area contributed by atoms with E-state index in [0.717, 1.165) is 12.0 Å². The van der Waals surface area contributed by atoms with E-state index in [1.165, 1.54) is 17.4 Å². The average molecular weight is 327 g/mol. The molecular weight excluding hydrogens is 312 g/mol.